The van der Waals surface area contributed by atoms with Gasteiger partial charge in [0, 0.05) is 64.7 Å². The van der Waals surface area contributed by atoms with Gasteiger partial charge in [-0.05, 0) is 121 Å². The van der Waals surface area contributed by atoms with Gasteiger partial charge < -0.3 is 43.9 Å². The van der Waals surface area contributed by atoms with Crippen molar-refractivity contribution in [3.63, 3.8) is 0 Å². The molecule has 1 saturated heterocycles. The van der Waals surface area contributed by atoms with Crippen molar-refractivity contribution in [2.45, 2.75) is 186 Å². The summed E-state index contributed by atoms with van der Waals surface area (Å²) in [4.78, 5) is 71.0. The second-order valence-corrected chi connectivity index (χ2v) is 23.0. The molecule has 0 aromatic rings. The average Bonchev–Trinajstić information content (AvgIpc) is 4.19. The number of amides is 1. The van der Waals surface area contributed by atoms with Gasteiger partial charge in [0.1, 0.15) is 30.1 Å². The number of aliphatic hydroxyl groups excluding tert-OH is 2. The van der Waals surface area contributed by atoms with Gasteiger partial charge in [-0.2, -0.15) is 0 Å². The van der Waals surface area contributed by atoms with Crippen LogP contribution in [-0.4, -0.2) is 153 Å². The van der Waals surface area contributed by atoms with Crippen molar-refractivity contribution in [2.75, 3.05) is 40.2 Å². The van der Waals surface area contributed by atoms with Crippen molar-refractivity contribution in [1.82, 2.24) is 9.62 Å². The number of carbonyl (C=O) groups is 5. The highest BCUT2D eigenvalue weighted by Gasteiger charge is 2.52. The second-order valence-electron chi connectivity index (χ2n) is 21.2. The Morgan fingerprint density at radius 2 is 1.58 bits per heavy atom. The smallest absolute Gasteiger partial charge is 0.328 e. The first-order chi connectivity index (χ1) is 34.0. The number of rotatable bonds is 13. The lowest BCUT2D eigenvalue weighted by Crippen LogP contribution is -2.59. The quantitative estimate of drug-likeness (QED) is 0.101. The number of allylic oxidation sites excluding steroid dienone is 6. The number of cyclic esters (lactones) is 1. The predicted molar refractivity (Wildman–Crippen MR) is 272 cm³/mol. The van der Waals surface area contributed by atoms with Crippen LogP contribution in [0.5, 0.6) is 0 Å². The summed E-state index contributed by atoms with van der Waals surface area (Å²) in [5.41, 5.74) is 0.935. The number of nitrogens with zero attached hydrogens (tertiary/aromatic N) is 1. The third kappa shape index (κ3) is 17.6. The number of fused-ring (bicyclic) bond motifs is 2. The summed E-state index contributed by atoms with van der Waals surface area (Å²) >= 11 is 0. The Hall–Kier alpha value is -3.46. The van der Waals surface area contributed by atoms with Gasteiger partial charge in [-0.25, -0.2) is 17.9 Å². The zero-order chi connectivity index (χ0) is 53.5. The summed E-state index contributed by atoms with van der Waals surface area (Å²) in [5.74, 6) is -8.66. The molecule has 2 heterocycles. The van der Waals surface area contributed by atoms with Gasteiger partial charge >= 0.3 is 5.97 Å². The average molecular weight is 1040 g/mol. The third-order valence-corrected chi connectivity index (χ3v) is 16.8. The third-order valence-electron chi connectivity index (χ3n) is 15.3. The van der Waals surface area contributed by atoms with E-state index in [1.165, 1.54) is 33.9 Å². The summed E-state index contributed by atoms with van der Waals surface area (Å²) in [6.45, 7) is 12.0. The maximum atomic E-state index is 14.2. The molecule has 7 unspecified atom stereocenters. The van der Waals surface area contributed by atoms with Crippen LogP contribution in [0.25, 0.3) is 0 Å². The van der Waals surface area contributed by atoms with Crippen LogP contribution >= 0.6 is 0 Å². The zero-order valence-corrected chi connectivity index (χ0v) is 45.3. The lowest BCUT2D eigenvalue weighted by Gasteiger charge is -2.42. The van der Waals surface area contributed by atoms with E-state index in [0.717, 1.165) is 24.3 Å². The number of hydrogen-bond donors (Lipinski definition) is 4. The van der Waals surface area contributed by atoms with Crippen molar-refractivity contribution >= 4 is 39.2 Å². The van der Waals surface area contributed by atoms with Gasteiger partial charge in [-0.3, -0.25) is 19.2 Å². The number of methoxy groups -OCH3 is 2. The minimum absolute atomic E-state index is 0.0000414. The van der Waals surface area contributed by atoms with E-state index in [1.807, 2.05) is 13.0 Å². The second kappa shape index (κ2) is 28.4. The summed E-state index contributed by atoms with van der Waals surface area (Å²) in [6.07, 6.45) is 12.5. The molecule has 408 valence electrons. The van der Waals surface area contributed by atoms with Gasteiger partial charge in [0.05, 0.1) is 24.1 Å². The molecule has 4 aliphatic rings. The van der Waals surface area contributed by atoms with Crippen LogP contribution in [0.2, 0.25) is 0 Å². The Kier molecular flexibility index (Phi) is 24.1. The standard InChI is InChI=1S/C54H86N2O15S/c1-33-17-14-12-11-13-15-18-34(2)48(59)50(68-10)49(60)37(5)27-35(3)44(58)31-46(36(4)28-41-22-24-45(47(29-41)67-9)69-32-40-20-21-40)70-53(63)39(7)56(8)52(62)51(61)54(64)38(6)19-23-42(71-54)30-43(33)55-72(65,66)26-16-25-57/h11-14,17,27,34-36,38-43,45-47,49-50,55,57,60,64H,15-16,18-26,28-32H2,1-10H3/b13-11-,14-12-,33-17-,37-27-/t34?,35?,36-,38+,39?,41+,42-,43?,45-,46?,47-,49?,50?,54+/m1/s1. The van der Waals surface area contributed by atoms with E-state index in [1.54, 1.807) is 72.1 Å². The normalized spacial score (nSPS) is 37.0. The zero-order valence-electron chi connectivity index (χ0n) is 44.5. The summed E-state index contributed by atoms with van der Waals surface area (Å²) in [6, 6.07) is -2.22. The molecule has 2 bridgehead atoms. The molecule has 0 spiro atoms. The number of esters is 1. The van der Waals surface area contributed by atoms with E-state index in [2.05, 4.69) is 4.72 Å². The van der Waals surface area contributed by atoms with E-state index in [9.17, 15) is 47.7 Å². The summed E-state index contributed by atoms with van der Waals surface area (Å²) < 4.78 is 58.9. The van der Waals surface area contributed by atoms with Crippen LogP contribution in [0, 0.1) is 35.5 Å². The molecule has 0 aromatic carbocycles. The molecular formula is C54H86N2O15S. The van der Waals surface area contributed by atoms with Crippen LogP contribution in [-0.2, 0) is 57.7 Å². The largest absolute Gasteiger partial charge is 0.460 e. The number of carbonyl (C=O) groups excluding carboxylic acids is 5. The number of hydrogen-bond acceptors (Lipinski definition) is 15. The molecule has 4 N–H and O–H groups in total. The maximum Gasteiger partial charge on any atom is 0.328 e. The lowest BCUT2D eigenvalue weighted by atomic mass is 9.78. The number of likely N-dealkylation sites (N-methyl/N-ethyl adjacent to an activating group) is 1. The highest BCUT2D eigenvalue weighted by Crippen LogP contribution is 2.38. The Morgan fingerprint density at radius 1 is 0.889 bits per heavy atom. The molecule has 4 rings (SSSR count). The minimum Gasteiger partial charge on any atom is -0.460 e. The van der Waals surface area contributed by atoms with Gasteiger partial charge in [0.2, 0.25) is 15.8 Å². The van der Waals surface area contributed by atoms with Gasteiger partial charge in [0.25, 0.3) is 11.7 Å². The summed E-state index contributed by atoms with van der Waals surface area (Å²) in [7, 11) is 0.358. The van der Waals surface area contributed by atoms with Gasteiger partial charge in [0.15, 0.2) is 5.78 Å². The number of Topliss-reactive ketones (excluding diaryl/α,β-unsaturated/α-hetero) is 3. The van der Waals surface area contributed by atoms with Crippen molar-refractivity contribution in [3.05, 3.63) is 47.6 Å². The highest BCUT2D eigenvalue weighted by molar-refractivity contribution is 7.89. The maximum absolute atomic E-state index is 14.2. The topological polar surface area (TPSA) is 242 Å². The highest BCUT2D eigenvalue weighted by atomic mass is 32.2. The predicted octanol–water partition coefficient (Wildman–Crippen LogP) is 5.49. The number of ether oxygens (including phenoxy) is 5. The van der Waals surface area contributed by atoms with Crippen LogP contribution in [0.4, 0.5) is 0 Å². The first-order valence-corrected chi connectivity index (χ1v) is 27.7. The molecule has 0 aromatic heterocycles. The molecule has 1 amide bonds. The van der Waals surface area contributed by atoms with Crippen molar-refractivity contribution in [2.24, 2.45) is 35.5 Å². The molecule has 2 saturated carbocycles. The first kappa shape index (κ1) is 61.1. The fourth-order valence-corrected chi connectivity index (χ4v) is 11.2. The van der Waals surface area contributed by atoms with Gasteiger partial charge in [-0.15, -0.1) is 0 Å². The van der Waals surface area contributed by atoms with Crippen molar-refractivity contribution in [3.8, 4) is 0 Å². The number of sulfonamides is 1. The molecule has 2 aliphatic carbocycles. The molecule has 17 nitrogen and oxygen atoms in total. The van der Waals surface area contributed by atoms with Gasteiger partial charge in [-0.1, -0.05) is 69.7 Å². The van der Waals surface area contributed by atoms with Crippen molar-refractivity contribution in [1.29, 1.82) is 0 Å². The molecule has 14 atom stereocenters. The fourth-order valence-electron chi connectivity index (χ4n) is 9.88. The van der Waals surface area contributed by atoms with Crippen molar-refractivity contribution < 1.29 is 71.4 Å². The van der Waals surface area contributed by atoms with E-state index < -0.39 is 87.7 Å². The number of nitrogens with one attached hydrogen (secondary N) is 1. The Morgan fingerprint density at radius 3 is 2.24 bits per heavy atom. The molecule has 3 fully saturated rings. The Bertz CT molecular complexity index is 2070. The van der Waals surface area contributed by atoms with Crippen LogP contribution in [0.3, 0.4) is 0 Å². The van der Waals surface area contributed by atoms with E-state index in [-0.39, 0.29) is 73.7 Å². The molecule has 72 heavy (non-hydrogen) atoms. The first-order valence-electron chi connectivity index (χ1n) is 26.1. The Balaban J connectivity index is 1.67. The van der Waals surface area contributed by atoms with Crippen LogP contribution in [0.15, 0.2) is 47.6 Å². The molecule has 18 heteroatoms. The Labute approximate surface area is 428 Å². The number of aliphatic hydroxyl groups is 3. The number of ketones is 3. The SMILES string of the molecule is COC1C(=O)C(C)CC\C=C/C=C\C=C(\C)C(NS(=O)(=O)CCCO)C[C@H]2CC[C@H](C)[C@](O)(O2)C(=O)C(=O)N(C)C(C)C(=O)OC([C@H](C)C[C@@H]2CC[C@@H](OCC3CC3)[C@H](OC)C2)CC(=O)C(C)/C=C(/C)C1O. The van der Waals surface area contributed by atoms with Crippen LogP contribution in [0.1, 0.15) is 132 Å². The monoisotopic (exact) mass is 1030 g/mol. The fraction of sp³-hybridized carbons (Fsp3) is 0.759. The molecule has 0 radical (unpaired) electrons. The van der Waals surface area contributed by atoms with E-state index in [0.29, 0.717) is 49.2 Å². The molecular weight excluding hydrogens is 949 g/mol. The lowest BCUT2D eigenvalue weighted by molar-refractivity contribution is -0.263. The molecule has 2 aliphatic heterocycles. The summed E-state index contributed by atoms with van der Waals surface area (Å²) in [5, 5.41) is 32.7. The van der Waals surface area contributed by atoms with Crippen LogP contribution < -0.4 is 4.72 Å². The minimum atomic E-state index is -3.91. The van der Waals surface area contributed by atoms with E-state index >= 15 is 0 Å². The van der Waals surface area contributed by atoms with E-state index in [4.69, 9.17) is 23.7 Å².